The van der Waals surface area contributed by atoms with Crippen molar-refractivity contribution in [1.82, 2.24) is 0 Å². The smallest absolute Gasteiger partial charge is 0.495 e. The summed E-state index contributed by atoms with van der Waals surface area (Å²) in [5.41, 5.74) is 0.971. The fourth-order valence-corrected chi connectivity index (χ4v) is 2.04. The van der Waals surface area contributed by atoms with E-state index in [0.29, 0.717) is 16.1 Å². The zero-order valence-corrected chi connectivity index (χ0v) is 10.9. The second-order valence-corrected chi connectivity index (χ2v) is 4.39. The molecular formula is C13H11BClFO3. The molecule has 0 bridgehead atoms. The van der Waals surface area contributed by atoms with Crippen LogP contribution in [0.2, 0.25) is 5.02 Å². The van der Waals surface area contributed by atoms with Gasteiger partial charge in [-0.05, 0) is 35.4 Å². The first kappa shape index (κ1) is 13.9. The summed E-state index contributed by atoms with van der Waals surface area (Å²) >= 11 is 5.88. The largest absolute Gasteiger partial charge is 0.497 e. The molecule has 2 aromatic carbocycles. The van der Waals surface area contributed by atoms with Crippen molar-refractivity contribution in [3.63, 3.8) is 0 Å². The summed E-state index contributed by atoms with van der Waals surface area (Å²) in [6, 6.07) is 9.66. The van der Waals surface area contributed by atoms with Gasteiger partial charge in [-0.2, -0.15) is 0 Å². The Kier molecular flexibility index (Phi) is 4.09. The maximum atomic E-state index is 13.9. The Bertz CT molecular complexity index is 604. The van der Waals surface area contributed by atoms with Crippen molar-refractivity contribution >= 4 is 24.2 Å². The van der Waals surface area contributed by atoms with E-state index in [1.807, 2.05) is 0 Å². The number of halogens is 2. The molecule has 0 fully saturated rings. The normalized spacial score (nSPS) is 10.4. The second-order valence-electron chi connectivity index (χ2n) is 3.96. The van der Waals surface area contributed by atoms with E-state index in [4.69, 9.17) is 26.4 Å². The Morgan fingerprint density at radius 2 is 1.89 bits per heavy atom. The maximum Gasteiger partial charge on any atom is 0.495 e. The molecule has 0 amide bonds. The van der Waals surface area contributed by atoms with Crippen LogP contribution in [0.15, 0.2) is 36.4 Å². The van der Waals surface area contributed by atoms with Gasteiger partial charge in [0.2, 0.25) is 0 Å². The first-order valence-corrected chi connectivity index (χ1v) is 5.90. The first-order chi connectivity index (χ1) is 9.02. The van der Waals surface area contributed by atoms with Gasteiger partial charge in [0, 0.05) is 5.02 Å². The second kappa shape index (κ2) is 5.61. The third-order valence-corrected chi connectivity index (χ3v) is 2.96. The lowest BCUT2D eigenvalue weighted by atomic mass is 9.78. The van der Waals surface area contributed by atoms with E-state index in [1.54, 1.807) is 24.3 Å². The Labute approximate surface area is 115 Å². The highest BCUT2D eigenvalue weighted by molar-refractivity contribution is 6.59. The molecule has 3 nitrogen and oxygen atoms in total. The molecule has 0 aromatic heterocycles. The SMILES string of the molecule is COc1cc(-c2cccc(Cl)c2)cc(F)c1B(O)O. The lowest BCUT2D eigenvalue weighted by Crippen LogP contribution is -2.34. The van der Waals surface area contributed by atoms with E-state index >= 15 is 0 Å². The van der Waals surface area contributed by atoms with E-state index in [9.17, 15) is 4.39 Å². The summed E-state index contributed by atoms with van der Waals surface area (Å²) in [4.78, 5) is 0. The molecule has 0 saturated heterocycles. The number of hydrogen-bond acceptors (Lipinski definition) is 3. The molecule has 0 aliphatic rings. The monoisotopic (exact) mass is 280 g/mol. The quantitative estimate of drug-likeness (QED) is 0.844. The van der Waals surface area contributed by atoms with Gasteiger partial charge in [0.05, 0.1) is 12.6 Å². The van der Waals surface area contributed by atoms with Gasteiger partial charge in [-0.15, -0.1) is 0 Å². The Morgan fingerprint density at radius 1 is 1.16 bits per heavy atom. The molecule has 0 atom stereocenters. The van der Waals surface area contributed by atoms with Crippen molar-refractivity contribution in [2.24, 2.45) is 0 Å². The standard InChI is InChI=1S/C13H11BClFO3/c1-19-12-7-9(6-11(16)13(12)14(17)18)8-3-2-4-10(15)5-8/h2-7,17-18H,1H3. The Balaban J connectivity index is 2.58. The lowest BCUT2D eigenvalue weighted by Gasteiger charge is -2.12. The minimum absolute atomic E-state index is 0.0741. The van der Waals surface area contributed by atoms with Gasteiger partial charge >= 0.3 is 7.12 Å². The van der Waals surface area contributed by atoms with Crippen LogP contribution in [0, 0.1) is 5.82 Å². The van der Waals surface area contributed by atoms with E-state index in [-0.39, 0.29) is 11.2 Å². The molecule has 19 heavy (non-hydrogen) atoms. The molecule has 0 saturated carbocycles. The van der Waals surface area contributed by atoms with Gasteiger partial charge in [0.1, 0.15) is 11.6 Å². The van der Waals surface area contributed by atoms with Crippen LogP contribution in [0.4, 0.5) is 4.39 Å². The van der Waals surface area contributed by atoms with Crippen LogP contribution >= 0.6 is 11.6 Å². The average Bonchev–Trinajstić information content (AvgIpc) is 2.37. The van der Waals surface area contributed by atoms with E-state index in [0.717, 1.165) is 0 Å². The molecule has 2 rings (SSSR count). The van der Waals surface area contributed by atoms with E-state index < -0.39 is 12.9 Å². The van der Waals surface area contributed by atoms with Gasteiger partial charge in [-0.1, -0.05) is 23.7 Å². The van der Waals surface area contributed by atoms with Crippen LogP contribution in [0.3, 0.4) is 0 Å². The average molecular weight is 280 g/mol. The summed E-state index contributed by atoms with van der Waals surface area (Å²) in [6.45, 7) is 0. The number of ether oxygens (including phenoxy) is 1. The fraction of sp³-hybridized carbons (Fsp3) is 0.0769. The molecule has 2 N–H and O–H groups in total. The molecule has 2 aromatic rings. The highest BCUT2D eigenvalue weighted by Crippen LogP contribution is 2.26. The van der Waals surface area contributed by atoms with Gasteiger partial charge in [0.25, 0.3) is 0 Å². The molecule has 0 aliphatic carbocycles. The molecule has 98 valence electrons. The van der Waals surface area contributed by atoms with Gasteiger partial charge in [-0.3, -0.25) is 0 Å². The van der Waals surface area contributed by atoms with Crippen LogP contribution in [0.1, 0.15) is 0 Å². The third kappa shape index (κ3) is 2.89. The van der Waals surface area contributed by atoms with Crippen molar-refractivity contribution in [2.75, 3.05) is 7.11 Å². The van der Waals surface area contributed by atoms with Crippen LogP contribution in [0.25, 0.3) is 11.1 Å². The molecule has 0 radical (unpaired) electrons. The lowest BCUT2D eigenvalue weighted by molar-refractivity contribution is 0.399. The Hall–Kier alpha value is -1.56. The van der Waals surface area contributed by atoms with Crippen LogP contribution in [-0.4, -0.2) is 24.3 Å². The summed E-state index contributed by atoms with van der Waals surface area (Å²) < 4.78 is 18.9. The van der Waals surface area contributed by atoms with E-state index in [2.05, 4.69) is 0 Å². The topological polar surface area (TPSA) is 49.7 Å². The van der Waals surface area contributed by atoms with Crippen molar-refractivity contribution < 1.29 is 19.2 Å². The zero-order valence-electron chi connectivity index (χ0n) is 10.1. The van der Waals surface area contributed by atoms with Crippen LogP contribution in [-0.2, 0) is 0 Å². The molecular weight excluding hydrogens is 269 g/mol. The minimum atomic E-state index is -1.93. The Morgan fingerprint density at radius 3 is 2.47 bits per heavy atom. The van der Waals surface area contributed by atoms with Crippen LogP contribution < -0.4 is 10.2 Å². The summed E-state index contributed by atoms with van der Waals surface area (Å²) in [5.74, 6) is -0.672. The van der Waals surface area contributed by atoms with Crippen LogP contribution in [0.5, 0.6) is 5.75 Å². The van der Waals surface area contributed by atoms with Crippen molar-refractivity contribution in [3.8, 4) is 16.9 Å². The number of hydrogen-bond donors (Lipinski definition) is 2. The molecule has 0 heterocycles. The highest BCUT2D eigenvalue weighted by Gasteiger charge is 2.23. The van der Waals surface area contributed by atoms with Gasteiger partial charge < -0.3 is 14.8 Å². The number of benzene rings is 2. The fourth-order valence-electron chi connectivity index (χ4n) is 1.85. The highest BCUT2D eigenvalue weighted by atomic mass is 35.5. The zero-order chi connectivity index (χ0) is 14.0. The summed E-state index contributed by atoms with van der Waals surface area (Å²) in [7, 11) is -0.592. The van der Waals surface area contributed by atoms with Crippen molar-refractivity contribution in [1.29, 1.82) is 0 Å². The maximum absolute atomic E-state index is 13.9. The predicted octanol–water partition coefficient (Wildman–Crippen LogP) is 1.83. The predicted molar refractivity (Wildman–Crippen MR) is 73.2 cm³/mol. The van der Waals surface area contributed by atoms with Gasteiger partial charge in [0.15, 0.2) is 0 Å². The van der Waals surface area contributed by atoms with Crippen molar-refractivity contribution in [3.05, 3.63) is 47.2 Å². The molecule has 6 heteroatoms. The van der Waals surface area contributed by atoms with E-state index in [1.165, 1.54) is 19.2 Å². The minimum Gasteiger partial charge on any atom is -0.497 e. The molecule has 0 spiro atoms. The number of methoxy groups -OCH3 is 1. The van der Waals surface area contributed by atoms with Crippen molar-refractivity contribution in [2.45, 2.75) is 0 Å². The molecule has 0 aliphatic heterocycles. The van der Waals surface area contributed by atoms with Gasteiger partial charge in [-0.25, -0.2) is 4.39 Å². The number of rotatable bonds is 3. The third-order valence-electron chi connectivity index (χ3n) is 2.73. The molecule has 0 unspecified atom stereocenters. The first-order valence-electron chi connectivity index (χ1n) is 5.52. The summed E-state index contributed by atoms with van der Waals surface area (Å²) in [5, 5.41) is 18.8. The summed E-state index contributed by atoms with van der Waals surface area (Å²) in [6.07, 6.45) is 0.